The molecule has 172 valence electrons. The van der Waals surface area contributed by atoms with Gasteiger partial charge >= 0.3 is 0 Å². The first-order chi connectivity index (χ1) is 15.6. The topological polar surface area (TPSA) is 90.6 Å². The average Bonchev–Trinajstić information content (AvgIpc) is 2.76. The molecule has 1 aliphatic heterocycles. The lowest BCUT2D eigenvalue weighted by atomic mass is 9.92. The maximum absolute atomic E-state index is 14.6. The summed E-state index contributed by atoms with van der Waals surface area (Å²) < 4.78 is 42.8. The third kappa shape index (κ3) is 4.73. The zero-order valence-corrected chi connectivity index (χ0v) is 17.8. The molecule has 0 bridgehead atoms. The van der Waals surface area contributed by atoms with E-state index in [1.165, 1.54) is 17.0 Å². The highest BCUT2D eigenvalue weighted by molar-refractivity contribution is 6.01. The van der Waals surface area contributed by atoms with Gasteiger partial charge in [0.05, 0.1) is 30.0 Å². The van der Waals surface area contributed by atoms with Crippen LogP contribution in [-0.4, -0.2) is 41.1 Å². The molecule has 1 heterocycles. The minimum absolute atomic E-state index is 0.00880. The van der Waals surface area contributed by atoms with E-state index in [0.717, 1.165) is 17.8 Å². The van der Waals surface area contributed by atoms with Crippen molar-refractivity contribution in [2.24, 2.45) is 0 Å². The third-order valence-electron chi connectivity index (χ3n) is 5.50. The number of amides is 1. The number of nitrogen functional groups attached to an aromatic ring is 1. The van der Waals surface area contributed by atoms with Gasteiger partial charge in [-0.15, -0.1) is 0 Å². The summed E-state index contributed by atoms with van der Waals surface area (Å²) >= 11 is 0. The molecule has 0 radical (unpaired) electrons. The van der Waals surface area contributed by atoms with Gasteiger partial charge in [-0.2, -0.15) is 0 Å². The number of nitrogens with zero attached hydrogens (tertiary/aromatic N) is 1. The smallest absolute Gasteiger partial charge is 0.256 e. The van der Waals surface area contributed by atoms with Gasteiger partial charge < -0.3 is 26.4 Å². The Labute approximate surface area is 188 Å². The number of likely N-dealkylation sites (tertiary alicyclic amines) is 1. The molecule has 0 aliphatic carbocycles. The molecule has 1 fully saturated rings. The van der Waals surface area contributed by atoms with E-state index in [1.807, 2.05) is 0 Å². The molecule has 3 aromatic carbocycles. The van der Waals surface area contributed by atoms with Crippen LogP contribution in [0.3, 0.4) is 0 Å². The van der Waals surface area contributed by atoms with Crippen LogP contribution in [0.15, 0.2) is 54.6 Å². The van der Waals surface area contributed by atoms with Gasteiger partial charge in [-0.05, 0) is 61.0 Å². The number of nitrogens with one attached hydrogen (secondary N) is 2. The molecule has 1 amide bonds. The highest BCUT2D eigenvalue weighted by atomic mass is 19.2. The van der Waals surface area contributed by atoms with E-state index < -0.39 is 34.6 Å². The second kappa shape index (κ2) is 8.67. The molecule has 6 nitrogen and oxygen atoms in total. The summed E-state index contributed by atoms with van der Waals surface area (Å²) in [5.41, 5.74) is 5.77. The Hall–Kier alpha value is -3.72. The molecule has 4 rings (SSSR count). The molecule has 1 aliphatic rings. The van der Waals surface area contributed by atoms with Crippen LogP contribution in [-0.2, 0) is 0 Å². The van der Waals surface area contributed by atoms with E-state index in [2.05, 4.69) is 10.6 Å². The SMILES string of the molecule is Cc1ccc(Nc2c(C(=O)N3CC(O)(CNc4ccc(N)cc4)C3)ccc(F)c2F)c(F)c1. The summed E-state index contributed by atoms with van der Waals surface area (Å²) in [6.45, 7) is 1.85. The van der Waals surface area contributed by atoms with Crippen LogP contribution in [0.5, 0.6) is 0 Å². The molecule has 33 heavy (non-hydrogen) atoms. The highest BCUT2D eigenvalue weighted by Gasteiger charge is 2.44. The van der Waals surface area contributed by atoms with Crippen molar-refractivity contribution in [1.82, 2.24) is 4.90 Å². The summed E-state index contributed by atoms with van der Waals surface area (Å²) in [6.07, 6.45) is 0. The van der Waals surface area contributed by atoms with Crippen LogP contribution in [0, 0.1) is 24.4 Å². The molecule has 9 heteroatoms. The zero-order valence-electron chi connectivity index (χ0n) is 17.8. The Morgan fingerprint density at radius 2 is 1.76 bits per heavy atom. The third-order valence-corrected chi connectivity index (χ3v) is 5.50. The highest BCUT2D eigenvalue weighted by Crippen LogP contribution is 2.31. The number of carbonyl (C=O) groups excluding carboxylic acids is 1. The number of hydrogen-bond donors (Lipinski definition) is 4. The predicted molar refractivity (Wildman–Crippen MR) is 121 cm³/mol. The number of carbonyl (C=O) groups is 1. The van der Waals surface area contributed by atoms with Gasteiger partial charge in [-0.3, -0.25) is 4.79 Å². The van der Waals surface area contributed by atoms with Gasteiger partial charge in [0.25, 0.3) is 5.91 Å². The van der Waals surface area contributed by atoms with Crippen molar-refractivity contribution in [3.8, 4) is 0 Å². The van der Waals surface area contributed by atoms with Crippen LogP contribution in [0.25, 0.3) is 0 Å². The van der Waals surface area contributed by atoms with E-state index in [1.54, 1.807) is 37.3 Å². The summed E-state index contributed by atoms with van der Waals surface area (Å²) in [5.74, 6) is -3.73. The van der Waals surface area contributed by atoms with Crippen LogP contribution in [0.4, 0.5) is 35.9 Å². The molecular formula is C24H23F3N4O2. The van der Waals surface area contributed by atoms with Crippen LogP contribution >= 0.6 is 0 Å². The van der Waals surface area contributed by atoms with Crippen molar-refractivity contribution in [3.63, 3.8) is 0 Å². The number of hydrogen-bond acceptors (Lipinski definition) is 5. The largest absolute Gasteiger partial charge is 0.399 e. The molecule has 0 spiro atoms. The summed E-state index contributed by atoms with van der Waals surface area (Å²) in [5, 5.41) is 16.3. The maximum Gasteiger partial charge on any atom is 0.256 e. The Balaban J connectivity index is 1.48. The Morgan fingerprint density at radius 1 is 1.06 bits per heavy atom. The van der Waals surface area contributed by atoms with Gasteiger partial charge in [-0.25, -0.2) is 13.2 Å². The lowest BCUT2D eigenvalue weighted by molar-refractivity contribution is -0.0706. The summed E-state index contributed by atoms with van der Waals surface area (Å²) in [4.78, 5) is 14.3. The molecule has 0 saturated carbocycles. The zero-order chi connectivity index (χ0) is 23.8. The molecule has 1 saturated heterocycles. The number of aliphatic hydroxyl groups is 1. The van der Waals surface area contributed by atoms with Crippen molar-refractivity contribution in [2.75, 3.05) is 36.0 Å². The standard InChI is InChI=1S/C24H23F3N4O2/c1-14-2-9-20(19(26)10-14)30-22-17(7-8-18(25)21(22)27)23(32)31-12-24(33,13-31)11-29-16-5-3-15(28)4-6-16/h2-10,29-30,33H,11-13,28H2,1H3. The Bertz CT molecular complexity index is 1200. The predicted octanol–water partition coefficient (Wildman–Crippen LogP) is 4.04. The minimum Gasteiger partial charge on any atom is -0.399 e. The fraction of sp³-hybridized carbons (Fsp3) is 0.208. The Kier molecular flexibility index (Phi) is 5.90. The number of halogens is 3. The van der Waals surface area contributed by atoms with E-state index in [-0.39, 0.29) is 30.9 Å². The van der Waals surface area contributed by atoms with Crippen LogP contribution < -0.4 is 16.4 Å². The van der Waals surface area contributed by atoms with Crippen molar-refractivity contribution >= 4 is 28.7 Å². The van der Waals surface area contributed by atoms with Gasteiger partial charge in [0, 0.05) is 17.9 Å². The molecule has 0 atom stereocenters. The van der Waals surface area contributed by atoms with Crippen LogP contribution in [0.2, 0.25) is 0 Å². The first-order valence-corrected chi connectivity index (χ1v) is 10.3. The lowest BCUT2D eigenvalue weighted by Gasteiger charge is -2.46. The first-order valence-electron chi connectivity index (χ1n) is 10.3. The second-order valence-electron chi connectivity index (χ2n) is 8.25. The number of nitrogens with two attached hydrogens (primary N) is 1. The quantitative estimate of drug-likeness (QED) is 0.421. The number of aryl methyl sites for hydroxylation is 1. The molecule has 0 unspecified atom stereocenters. The van der Waals surface area contributed by atoms with Crippen molar-refractivity contribution in [3.05, 3.63) is 83.2 Å². The fourth-order valence-corrected chi connectivity index (χ4v) is 3.66. The van der Waals surface area contributed by atoms with Crippen molar-refractivity contribution in [2.45, 2.75) is 12.5 Å². The normalized spacial score (nSPS) is 14.5. The first kappa shape index (κ1) is 22.5. The monoisotopic (exact) mass is 456 g/mol. The summed E-state index contributed by atoms with van der Waals surface area (Å²) in [7, 11) is 0. The minimum atomic E-state index is -1.29. The van der Waals surface area contributed by atoms with E-state index in [9.17, 15) is 23.1 Å². The number of anilines is 4. The van der Waals surface area contributed by atoms with E-state index in [0.29, 0.717) is 11.3 Å². The van der Waals surface area contributed by atoms with E-state index in [4.69, 9.17) is 5.73 Å². The maximum atomic E-state index is 14.6. The van der Waals surface area contributed by atoms with Crippen molar-refractivity contribution < 1.29 is 23.1 Å². The van der Waals surface area contributed by atoms with E-state index >= 15 is 0 Å². The summed E-state index contributed by atoms with van der Waals surface area (Å²) in [6, 6.07) is 13.2. The average molecular weight is 456 g/mol. The van der Waals surface area contributed by atoms with Gasteiger partial charge in [-0.1, -0.05) is 6.07 Å². The molecule has 0 aromatic heterocycles. The Morgan fingerprint density at radius 3 is 2.42 bits per heavy atom. The second-order valence-corrected chi connectivity index (χ2v) is 8.25. The van der Waals surface area contributed by atoms with Gasteiger partial charge in [0.15, 0.2) is 11.6 Å². The molecule has 3 aromatic rings. The number of benzene rings is 3. The molecule has 5 N–H and O–H groups in total. The van der Waals surface area contributed by atoms with Gasteiger partial charge in [0.1, 0.15) is 11.4 Å². The lowest BCUT2D eigenvalue weighted by Crippen LogP contribution is -2.66. The fourth-order valence-electron chi connectivity index (χ4n) is 3.66. The molecular weight excluding hydrogens is 433 g/mol. The van der Waals surface area contributed by atoms with Gasteiger partial charge in [0.2, 0.25) is 0 Å². The number of β-amino-alcohol motifs (C(OH)–C–C–N with tert-alkyl or cyclic N) is 1. The number of rotatable bonds is 6. The van der Waals surface area contributed by atoms with Crippen molar-refractivity contribution in [1.29, 1.82) is 0 Å². The van der Waals surface area contributed by atoms with Crippen LogP contribution in [0.1, 0.15) is 15.9 Å².